The first-order valence-corrected chi connectivity index (χ1v) is 7.35. The van der Waals surface area contributed by atoms with Gasteiger partial charge in [-0.05, 0) is 26.0 Å². The van der Waals surface area contributed by atoms with Gasteiger partial charge in [0.05, 0.1) is 22.3 Å². The Kier molecular flexibility index (Phi) is 6.69. The molecule has 10 heteroatoms. The lowest BCUT2D eigenvalue weighted by Crippen LogP contribution is -2.22. The molecule has 0 aliphatic carbocycles. The Morgan fingerprint density at radius 1 is 0.679 bits per heavy atom. The molecule has 1 aromatic carbocycles. The molecule has 0 fully saturated rings. The van der Waals surface area contributed by atoms with Gasteiger partial charge in [0.15, 0.2) is 0 Å². The van der Waals surface area contributed by atoms with Crippen LogP contribution in [0.5, 0.6) is 0 Å². The molecule has 1 aromatic rings. The summed E-state index contributed by atoms with van der Waals surface area (Å²) in [6.45, 7) is 8.97. The van der Waals surface area contributed by atoms with E-state index >= 15 is 0 Å². The van der Waals surface area contributed by atoms with Crippen LogP contribution in [0.3, 0.4) is 0 Å². The fourth-order valence-electron chi connectivity index (χ4n) is 1.74. The van der Waals surface area contributed by atoms with E-state index in [1.807, 2.05) is 0 Å². The smallest absolute Gasteiger partial charge is 0.346 e. The zero-order valence-corrected chi connectivity index (χ0v) is 14.7. The predicted molar refractivity (Wildman–Crippen MR) is 90.8 cm³/mol. The lowest BCUT2D eigenvalue weighted by Gasteiger charge is -2.11. The molecule has 28 heavy (non-hydrogen) atoms. The highest BCUT2D eigenvalue weighted by molar-refractivity contribution is 6.13. The van der Waals surface area contributed by atoms with Crippen LogP contribution >= 0.6 is 0 Å². The van der Waals surface area contributed by atoms with E-state index in [4.69, 9.17) is 10.2 Å². The van der Waals surface area contributed by atoms with E-state index < -0.39 is 58.1 Å². The molecule has 0 heterocycles. The summed E-state index contributed by atoms with van der Waals surface area (Å²) in [7, 11) is 0. The van der Waals surface area contributed by atoms with Crippen LogP contribution in [0, 0.1) is 0 Å². The van der Waals surface area contributed by atoms with Crippen molar-refractivity contribution in [2.45, 2.75) is 13.8 Å². The highest BCUT2D eigenvalue weighted by atomic mass is 16.6. The average Bonchev–Trinajstić information content (AvgIpc) is 2.59. The normalized spacial score (nSPS) is 9.79. The number of aromatic carboxylic acids is 2. The number of hydrogen-bond donors (Lipinski definition) is 2. The van der Waals surface area contributed by atoms with E-state index in [2.05, 4.69) is 22.6 Å². The molecule has 0 spiro atoms. The molecule has 0 bridgehead atoms. The van der Waals surface area contributed by atoms with E-state index in [1.165, 1.54) is 13.8 Å². The first kappa shape index (κ1) is 22.0. The topological polar surface area (TPSA) is 161 Å². The third-order valence-electron chi connectivity index (χ3n) is 3.13. The molecular formula is C18H14O10. The quantitative estimate of drug-likeness (QED) is 0.414. The molecule has 0 aliphatic rings. The molecule has 0 atom stereocenters. The standard InChI is InChI=1S/C18H14O10/c1-7(2)15(23)27-17(25)11-5-9(13(19)20)10(14(21)22)6-12(11)18(26)28-16(24)8(3)4/h5-6H,1,3H2,2,4H3,(H,19,20)(H,21,22). The molecule has 0 aliphatic heterocycles. The summed E-state index contributed by atoms with van der Waals surface area (Å²) in [6.07, 6.45) is 0. The van der Waals surface area contributed by atoms with E-state index in [1.54, 1.807) is 0 Å². The van der Waals surface area contributed by atoms with Crippen molar-refractivity contribution in [1.82, 2.24) is 0 Å². The van der Waals surface area contributed by atoms with Crippen LogP contribution in [-0.4, -0.2) is 46.0 Å². The van der Waals surface area contributed by atoms with E-state index in [-0.39, 0.29) is 11.1 Å². The number of hydrogen-bond acceptors (Lipinski definition) is 8. The minimum Gasteiger partial charge on any atom is -0.478 e. The zero-order chi connectivity index (χ0) is 21.8. The fraction of sp³-hybridized carbons (Fsp3) is 0.111. The van der Waals surface area contributed by atoms with Crippen LogP contribution in [-0.2, 0) is 19.1 Å². The van der Waals surface area contributed by atoms with Crippen molar-refractivity contribution >= 4 is 35.8 Å². The molecule has 0 unspecified atom stereocenters. The summed E-state index contributed by atoms with van der Waals surface area (Å²) >= 11 is 0. The number of esters is 4. The Balaban J connectivity index is 3.62. The van der Waals surface area contributed by atoms with Gasteiger partial charge in [-0.1, -0.05) is 13.2 Å². The summed E-state index contributed by atoms with van der Waals surface area (Å²) in [5.41, 5.74) is -3.64. The molecule has 0 saturated carbocycles. The third kappa shape index (κ3) is 4.97. The summed E-state index contributed by atoms with van der Waals surface area (Å²) in [5.74, 6) is -8.72. The number of ether oxygens (including phenoxy) is 2. The third-order valence-corrected chi connectivity index (χ3v) is 3.13. The molecule has 146 valence electrons. The lowest BCUT2D eigenvalue weighted by atomic mass is 9.98. The first-order valence-electron chi connectivity index (χ1n) is 7.35. The second kappa shape index (κ2) is 8.54. The van der Waals surface area contributed by atoms with Crippen LogP contribution in [0.25, 0.3) is 0 Å². The zero-order valence-electron chi connectivity index (χ0n) is 14.7. The maximum absolute atomic E-state index is 12.2. The summed E-state index contributed by atoms with van der Waals surface area (Å²) in [5, 5.41) is 18.3. The van der Waals surface area contributed by atoms with Crippen LogP contribution in [0.4, 0.5) is 0 Å². The predicted octanol–water partition coefficient (Wildman–Crippen LogP) is 1.60. The lowest BCUT2D eigenvalue weighted by molar-refractivity contribution is -0.134. The molecule has 0 radical (unpaired) electrons. The van der Waals surface area contributed by atoms with Crippen molar-refractivity contribution in [3.05, 3.63) is 58.7 Å². The summed E-state index contributed by atoms with van der Waals surface area (Å²) in [4.78, 5) is 70.1. The van der Waals surface area contributed by atoms with Gasteiger partial charge in [0, 0.05) is 11.1 Å². The Bertz CT molecular complexity index is 874. The highest BCUT2D eigenvalue weighted by Crippen LogP contribution is 2.21. The summed E-state index contributed by atoms with van der Waals surface area (Å²) in [6, 6.07) is 1.06. The summed E-state index contributed by atoms with van der Waals surface area (Å²) < 4.78 is 8.90. The molecule has 0 aromatic heterocycles. The van der Waals surface area contributed by atoms with Gasteiger partial charge in [-0.25, -0.2) is 28.8 Å². The van der Waals surface area contributed by atoms with Crippen molar-refractivity contribution in [1.29, 1.82) is 0 Å². The highest BCUT2D eigenvalue weighted by Gasteiger charge is 2.29. The van der Waals surface area contributed by atoms with Gasteiger partial charge in [-0.15, -0.1) is 0 Å². The van der Waals surface area contributed by atoms with Gasteiger partial charge in [0.25, 0.3) is 0 Å². The maximum atomic E-state index is 12.2. The molecule has 1 rings (SSSR count). The second-order valence-corrected chi connectivity index (χ2v) is 5.47. The van der Waals surface area contributed by atoms with Crippen molar-refractivity contribution in [3.8, 4) is 0 Å². The fourth-order valence-corrected chi connectivity index (χ4v) is 1.74. The van der Waals surface area contributed by atoms with Crippen molar-refractivity contribution in [3.63, 3.8) is 0 Å². The molecule has 2 N–H and O–H groups in total. The van der Waals surface area contributed by atoms with Crippen LogP contribution in [0.1, 0.15) is 55.3 Å². The van der Waals surface area contributed by atoms with Gasteiger partial charge in [0.1, 0.15) is 0 Å². The second-order valence-electron chi connectivity index (χ2n) is 5.47. The maximum Gasteiger partial charge on any atom is 0.346 e. The SMILES string of the molecule is C=C(C)C(=O)OC(=O)c1cc(C(=O)O)c(C(=O)O)cc1C(=O)OC(=O)C(=C)C. The van der Waals surface area contributed by atoms with E-state index in [0.29, 0.717) is 12.1 Å². The van der Waals surface area contributed by atoms with Crippen LogP contribution in [0.15, 0.2) is 36.4 Å². The van der Waals surface area contributed by atoms with Gasteiger partial charge >= 0.3 is 35.8 Å². The molecular weight excluding hydrogens is 376 g/mol. The Morgan fingerprint density at radius 3 is 1.18 bits per heavy atom. The largest absolute Gasteiger partial charge is 0.478 e. The van der Waals surface area contributed by atoms with Crippen molar-refractivity contribution < 1.29 is 48.5 Å². The Morgan fingerprint density at radius 2 is 0.964 bits per heavy atom. The number of benzene rings is 1. The van der Waals surface area contributed by atoms with Gasteiger partial charge in [-0.2, -0.15) is 0 Å². The Labute approximate surface area is 157 Å². The van der Waals surface area contributed by atoms with Crippen LogP contribution < -0.4 is 0 Å². The van der Waals surface area contributed by atoms with E-state index in [0.717, 1.165) is 0 Å². The average molecular weight is 390 g/mol. The van der Waals surface area contributed by atoms with Gasteiger partial charge in [-0.3, -0.25) is 0 Å². The van der Waals surface area contributed by atoms with Crippen LogP contribution in [0.2, 0.25) is 0 Å². The van der Waals surface area contributed by atoms with Gasteiger partial charge in [0.2, 0.25) is 0 Å². The number of carbonyl (C=O) groups excluding carboxylic acids is 4. The number of carboxylic acids is 2. The monoisotopic (exact) mass is 390 g/mol. The van der Waals surface area contributed by atoms with Crippen molar-refractivity contribution in [2.75, 3.05) is 0 Å². The van der Waals surface area contributed by atoms with E-state index in [9.17, 15) is 28.8 Å². The minimum atomic E-state index is -1.73. The van der Waals surface area contributed by atoms with Gasteiger partial charge < -0.3 is 19.7 Å². The molecule has 10 nitrogen and oxygen atoms in total. The minimum absolute atomic E-state index is 0.171. The molecule has 0 amide bonds. The molecule has 0 saturated heterocycles. The first-order chi connectivity index (χ1) is 12.9. The number of carboxylic acid groups (broad SMARTS) is 2. The number of rotatable bonds is 6. The Hall–Kier alpha value is -4.08. The number of carbonyl (C=O) groups is 6. The van der Waals surface area contributed by atoms with Crippen molar-refractivity contribution in [2.24, 2.45) is 0 Å².